The molecular weight excluding hydrogens is 240 g/mol. The molecule has 0 saturated carbocycles. The number of carbonyl (C=O) groups is 2. The molecular formula is C15H20N2O2. The number of hydrogen-bond acceptors (Lipinski definition) is 3. The molecule has 1 aromatic carbocycles. The lowest BCUT2D eigenvalue weighted by Crippen LogP contribution is -2.50. The summed E-state index contributed by atoms with van der Waals surface area (Å²) >= 11 is 0. The minimum Gasteiger partial charge on any atom is -0.302 e. The van der Waals surface area contributed by atoms with Crippen LogP contribution in [0.2, 0.25) is 0 Å². The molecule has 0 aliphatic carbocycles. The van der Waals surface area contributed by atoms with E-state index in [1.807, 2.05) is 0 Å². The number of aryl methyl sites for hydroxylation is 3. The Morgan fingerprint density at radius 1 is 1.21 bits per heavy atom. The molecule has 2 rings (SSSR count). The maximum absolute atomic E-state index is 11.7. The molecule has 1 fully saturated rings. The first-order chi connectivity index (χ1) is 8.97. The summed E-state index contributed by atoms with van der Waals surface area (Å²) in [6.07, 6.45) is 0.990. The van der Waals surface area contributed by atoms with Gasteiger partial charge in [-0.05, 0) is 43.9 Å². The molecule has 0 spiro atoms. The molecule has 1 unspecified atom stereocenters. The molecule has 0 aromatic heterocycles. The number of piperidine rings is 1. The number of amides is 2. The normalized spacial score (nSPS) is 19.4. The third kappa shape index (κ3) is 3.20. The molecule has 2 N–H and O–H groups in total. The molecule has 0 bridgehead atoms. The summed E-state index contributed by atoms with van der Waals surface area (Å²) < 4.78 is 0. The predicted molar refractivity (Wildman–Crippen MR) is 73.7 cm³/mol. The molecule has 102 valence electrons. The summed E-state index contributed by atoms with van der Waals surface area (Å²) in [7, 11) is 0. The molecule has 4 nitrogen and oxygen atoms in total. The lowest BCUT2D eigenvalue weighted by atomic mass is 9.99. The van der Waals surface area contributed by atoms with Gasteiger partial charge in [-0.2, -0.15) is 0 Å². The van der Waals surface area contributed by atoms with Crippen LogP contribution in [-0.4, -0.2) is 17.9 Å². The number of nitrogens with one attached hydrogen (secondary N) is 2. The van der Waals surface area contributed by atoms with Crippen molar-refractivity contribution in [2.45, 2.75) is 46.2 Å². The molecule has 19 heavy (non-hydrogen) atoms. The van der Waals surface area contributed by atoms with Gasteiger partial charge in [0.15, 0.2) is 0 Å². The van der Waals surface area contributed by atoms with Crippen LogP contribution < -0.4 is 10.6 Å². The van der Waals surface area contributed by atoms with Crippen molar-refractivity contribution in [1.82, 2.24) is 10.6 Å². The Labute approximate surface area is 113 Å². The first-order valence-electron chi connectivity index (χ1n) is 6.61. The highest BCUT2D eigenvalue weighted by Crippen LogP contribution is 2.17. The fraction of sp³-hybridized carbons (Fsp3) is 0.467. The Bertz CT molecular complexity index is 500. The highest BCUT2D eigenvalue weighted by Gasteiger charge is 2.26. The fourth-order valence-corrected chi connectivity index (χ4v) is 2.60. The first-order valence-corrected chi connectivity index (χ1v) is 6.61. The van der Waals surface area contributed by atoms with Gasteiger partial charge in [-0.1, -0.05) is 17.7 Å². The van der Waals surface area contributed by atoms with Gasteiger partial charge in [0.2, 0.25) is 11.8 Å². The molecule has 4 heteroatoms. The quantitative estimate of drug-likeness (QED) is 0.810. The van der Waals surface area contributed by atoms with Crippen LogP contribution in [0.1, 0.15) is 35.1 Å². The van der Waals surface area contributed by atoms with E-state index in [1.54, 1.807) is 0 Å². The average Bonchev–Trinajstić information content (AvgIpc) is 2.30. The summed E-state index contributed by atoms with van der Waals surface area (Å²) in [5.41, 5.74) is 4.95. The lowest BCUT2D eigenvalue weighted by molar-refractivity contribution is -0.134. The van der Waals surface area contributed by atoms with Crippen LogP contribution >= 0.6 is 0 Å². The standard InChI is InChI=1S/C15H20N2O2/c1-9-6-10(2)12(11(3)7-9)8-16-13-4-5-14(18)17-15(13)19/h6-7,13,16H,4-5,8H2,1-3H3,(H,17,18,19). The van der Waals surface area contributed by atoms with E-state index in [-0.39, 0.29) is 17.9 Å². The zero-order valence-electron chi connectivity index (χ0n) is 11.7. The Balaban J connectivity index is 2.03. The molecule has 1 aliphatic heterocycles. The van der Waals surface area contributed by atoms with Crippen molar-refractivity contribution in [2.75, 3.05) is 0 Å². The van der Waals surface area contributed by atoms with E-state index >= 15 is 0 Å². The number of benzene rings is 1. The van der Waals surface area contributed by atoms with E-state index < -0.39 is 0 Å². The average molecular weight is 260 g/mol. The summed E-state index contributed by atoms with van der Waals surface area (Å²) in [5.74, 6) is -0.385. The number of imide groups is 1. The van der Waals surface area contributed by atoms with E-state index in [2.05, 4.69) is 43.5 Å². The van der Waals surface area contributed by atoms with Crippen LogP contribution in [0.3, 0.4) is 0 Å². The summed E-state index contributed by atoms with van der Waals surface area (Å²) in [4.78, 5) is 22.7. The summed E-state index contributed by atoms with van der Waals surface area (Å²) in [6.45, 7) is 6.91. The first kappa shape index (κ1) is 13.7. The highest BCUT2D eigenvalue weighted by molar-refractivity contribution is 6.00. The Kier molecular flexibility index (Phi) is 4.00. The van der Waals surface area contributed by atoms with Crippen LogP contribution in [0.5, 0.6) is 0 Å². The monoisotopic (exact) mass is 260 g/mol. The third-order valence-electron chi connectivity index (χ3n) is 3.60. The minimum atomic E-state index is -0.266. The maximum Gasteiger partial charge on any atom is 0.243 e. The second-order valence-corrected chi connectivity index (χ2v) is 5.26. The van der Waals surface area contributed by atoms with Gasteiger partial charge in [0, 0.05) is 13.0 Å². The van der Waals surface area contributed by atoms with Gasteiger partial charge < -0.3 is 5.32 Å². The van der Waals surface area contributed by atoms with E-state index in [9.17, 15) is 9.59 Å². The van der Waals surface area contributed by atoms with E-state index in [0.29, 0.717) is 19.4 Å². The van der Waals surface area contributed by atoms with E-state index in [0.717, 1.165) is 0 Å². The topological polar surface area (TPSA) is 58.2 Å². The Morgan fingerprint density at radius 2 is 1.84 bits per heavy atom. The van der Waals surface area contributed by atoms with Crippen molar-refractivity contribution in [3.8, 4) is 0 Å². The number of hydrogen-bond donors (Lipinski definition) is 2. The molecule has 2 amide bonds. The molecule has 1 aliphatic rings. The van der Waals surface area contributed by atoms with Gasteiger partial charge >= 0.3 is 0 Å². The smallest absolute Gasteiger partial charge is 0.243 e. The molecule has 0 radical (unpaired) electrons. The number of rotatable bonds is 3. The molecule has 1 atom stereocenters. The van der Waals surface area contributed by atoms with Gasteiger partial charge in [0.25, 0.3) is 0 Å². The van der Waals surface area contributed by atoms with Gasteiger partial charge in [0.05, 0.1) is 6.04 Å². The summed E-state index contributed by atoms with van der Waals surface area (Å²) in [5, 5.41) is 5.61. The van der Waals surface area contributed by atoms with Crippen LogP contribution in [0, 0.1) is 20.8 Å². The van der Waals surface area contributed by atoms with Crippen molar-refractivity contribution in [3.05, 3.63) is 34.4 Å². The maximum atomic E-state index is 11.7. The van der Waals surface area contributed by atoms with Crippen LogP contribution in [0.15, 0.2) is 12.1 Å². The van der Waals surface area contributed by atoms with E-state index in [4.69, 9.17) is 0 Å². The predicted octanol–water partition coefficient (Wildman–Crippen LogP) is 1.51. The van der Waals surface area contributed by atoms with Gasteiger partial charge in [-0.25, -0.2) is 0 Å². The van der Waals surface area contributed by atoms with Crippen molar-refractivity contribution in [3.63, 3.8) is 0 Å². The molecule has 1 saturated heterocycles. The molecule has 1 heterocycles. The SMILES string of the molecule is Cc1cc(C)c(CNC2CCC(=O)NC2=O)c(C)c1. The van der Waals surface area contributed by atoms with Crippen molar-refractivity contribution >= 4 is 11.8 Å². The molecule has 1 aromatic rings. The van der Waals surface area contributed by atoms with Gasteiger partial charge in [0.1, 0.15) is 0 Å². The van der Waals surface area contributed by atoms with Gasteiger partial charge in [-0.15, -0.1) is 0 Å². The third-order valence-corrected chi connectivity index (χ3v) is 3.60. The van der Waals surface area contributed by atoms with Crippen LogP contribution in [0.25, 0.3) is 0 Å². The second kappa shape index (κ2) is 5.53. The lowest BCUT2D eigenvalue weighted by Gasteiger charge is -2.23. The van der Waals surface area contributed by atoms with Crippen LogP contribution in [-0.2, 0) is 16.1 Å². The largest absolute Gasteiger partial charge is 0.302 e. The minimum absolute atomic E-state index is 0.175. The van der Waals surface area contributed by atoms with Crippen molar-refractivity contribution < 1.29 is 9.59 Å². The van der Waals surface area contributed by atoms with E-state index in [1.165, 1.54) is 22.3 Å². The zero-order chi connectivity index (χ0) is 14.0. The van der Waals surface area contributed by atoms with Gasteiger partial charge in [-0.3, -0.25) is 14.9 Å². The Morgan fingerprint density at radius 3 is 2.42 bits per heavy atom. The fourth-order valence-electron chi connectivity index (χ4n) is 2.60. The van der Waals surface area contributed by atoms with Crippen molar-refractivity contribution in [2.24, 2.45) is 0 Å². The summed E-state index contributed by atoms with van der Waals surface area (Å²) in [6, 6.07) is 4.03. The highest BCUT2D eigenvalue weighted by atomic mass is 16.2. The van der Waals surface area contributed by atoms with Crippen molar-refractivity contribution in [1.29, 1.82) is 0 Å². The Hall–Kier alpha value is -1.68. The second-order valence-electron chi connectivity index (χ2n) is 5.26. The zero-order valence-corrected chi connectivity index (χ0v) is 11.7. The number of carbonyl (C=O) groups excluding carboxylic acids is 2. The van der Waals surface area contributed by atoms with Crippen LogP contribution in [0.4, 0.5) is 0 Å².